The SMILES string of the molecule is C[C@@H](O)[C@H](NC(=O)[C@H](CCCCN)NC(=O)[C@@H](Cc1c[nH]c2ccccc12)NC(=O)[C@H](Cc1ccc(NC(N)=O)cc1)NC(=O)[C@@H](CS)NC(=O)[C@@H](Cc1ccc(Cl)cc1)NC(=O)CCNC(=O)CN1CCN(CC(=O)O)CCN(CC(=O)O)CCN(CC(=O)O)CC1)C(=O)N[C@@H](CS)C(=O)N[C@@H](Cc1ccc2ccccc2c1)C(N)=O. The second-order valence-electron chi connectivity index (χ2n) is 28.3. The number of benzene rings is 5. The van der Waals surface area contributed by atoms with Crippen molar-refractivity contribution in [2.45, 2.75) is 113 Å². The van der Waals surface area contributed by atoms with Gasteiger partial charge < -0.3 is 95.8 Å². The van der Waals surface area contributed by atoms with Crippen molar-refractivity contribution < 1.29 is 87.5 Å². The van der Waals surface area contributed by atoms with Gasteiger partial charge in [-0.15, -0.1) is 0 Å². The van der Waals surface area contributed by atoms with Gasteiger partial charge in [-0.05, 0) is 96.1 Å². The molecule has 0 spiro atoms. The molecule has 7 rings (SSSR count). The fourth-order valence-corrected chi connectivity index (χ4v) is 13.6. The van der Waals surface area contributed by atoms with Crippen LogP contribution in [0.3, 0.4) is 0 Å². The van der Waals surface area contributed by atoms with Gasteiger partial charge in [0.1, 0.15) is 48.3 Å². The molecule has 21 N–H and O–H groups in total. The monoisotopic (exact) mass is 1680 g/mol. The van der Waals surface area contributed by atoms with E-state index < -0.39 is 143 Å². The summed E-state index contributed by atoms with van der Waals surface area (Å²) in [6.07, 6.45) is -0.684. The minimum Gasteiger partial charge on any atom is -0.480 e. The quantitative estimate of drug-likeness (QED) is 0.0152. The number of carbonyl (C=O) groups is 14. The summed E-state index contributed by atoms with van der Waals surface area (Å²) in [4.78, 5) is 199. The smallest absolute Gasteiger partial charge is 0.317 e. The van der Waals surface area contributed by atoms with Gasteiger partial charge in [0, 0.05) is 130 Å². The normalized spacial score (nSPS) is 15.6. The van der Waals surface area contributed by atoms with Crippen LogP contribution in [0.25, 0.3) is 21.7 Å². The Morgan fingerprint density at radius 1 is 0.479 bits per heavy atom. The average molecular weight is 1680 g/mol. The molecule has 117 heavy (non-hydrogen) atoms. The first kappa shape index (κ1) is 93.2. The molecule has 0 radical (unpaired) electrons. The molecule has 1 fully saturated rings. The van der Waals surface area contributed by atoms with Crippen molar-refractivity contribution in [2.75, 3.05) is 108 Å². The van der Waals surface area contributed by atoms with E-state index in [9.17, 15) is 78.0 Å². The summed E-state index contributed by atoms with van der Waals surface area (Å²) in [7, 11) is 0. The topological polar surface area (TPSA) is 547 Å². The Morgan fingerprint density at radius 3 is 1.43 bits per heavy atom. The van der Waals surface area contributed by atoms with Crippen LogP contribution in [-0.2, 0) is 88.0 Å². The standard InChI is InChI=1S/C78H103ClN18O18S2/c1-46(98)69(77(114)92-63(45-117)75(112)88-58(70(81)107)37-49-13-18-50-8-2-3-9-51(50)34-49)93-71(108)57(12-6-7-24-80)87-74(111)61(38-52-39-84-56-11-5-4-10-55(52)56)90-73(110)60(36-48-16-21-54(22-17-48)85-78(82)115)89-76(113)62(44-116)91-72(109)59(35-47-14-19-53(79)20-15-47)86-64(99)23-25-83-65(100)40-94-26-28-95(41-66(101)102)30-32-97(43-68(105)106)33-31-96(29-27-94)42-67(103)104/h2-5,8-11,13-22,34,39,46,57-63,69,84,98,116-117H,6-7,12,23-33,35-38,40-45,80H2,1H3,(H2,81,107)(H,83,100)(H,86,99)(H,87,111)(H,88,112)(H,89,113)(H,90,110)(H,91,109)(H,92,114)(H,93,108)(H,101,102)(H,103,104)(H,105,106)(H3,82,85,115)/t46-,57+,58+,59-,60+,61-,62-,63+,69+/m1/s1. The van der Waals surface area contributed by atoms with Crippen LogP contribution in [0.4, 0.5) is 10.5 Å². The van der Waals surface area contributed by atoms with Crippen LogP contribution in [-0.4, -0.2) is 286 Å². The van der Waals surface area contributed by atoms with Crippen molar-refractivity contribution in [3.05, 3.63) is 149 Å². The van der Waals surface area contributed by atoms with Gasteiger partial charge in [0.15, 0.2) is 0 Å². The summed E-state index contributed by atoms with van der Waals surface area (Å²) in [5.74, 6) is -13.0. The van der Waals surface area contributed by atoms with Gasteiger partial charge in [-0.2, -0.15) is 25.3 Å². The van der Waals surface area contributed by atoms with E-state index in [1.807, 2.05) is 36.4 Å². The second kappa shape index (κ2) is 47.3. The van der Waals surface area contributed by atoms with Crippen molar-refractivity contribution in [1.29, 1.82) is 0 Å². The lowest BCUT2D eigenvalue weighted by molar-refractivity contribution is -0.140. The number of aliphatic hydroxyl groups excluding tert-OH is 1. The molecule has 39 heteroatoms. The maximum atomic E-state index is 15.3. The number of unbranched alkanes of at least 4 members (excludes halogenated alkanes) is 1. The Morgan fingerprint density at radius 2 is 0.915 bits per heavy atom. The van der Waals surface area contributed by atoms with Gasteiger partial charge in [0.2, 0.25) is 59.1 Å². The van der Waals surface area contributed by atoms with Crippen LogP contribution < -0.4 is 70.4 Å². The molecule has 632 valence electrons. The molecule has 0 saturated carbocycles. The number of hydrogen-bond acceptors (Lipinski definition) is 22. The first-order chi connectivity index (χ1) is 55.9. The molecule has 5 aromatic carbocycles. The maximum Gasteiger partial charge on any atom is 0.317 e. The third-order valence-electron chi connectivity index (χ3n) is 19.3. The van der Waals surface area contributed by atoms with E-state index in [2.05, 4.69) is 83.4 Å². The van der Waals surface area contributed by atoms with Crippen LogP contribution in [0.2, 0.25) is 5.02 Å². The summed E-state index contributed by atoms with van der Waals surface area (Å²) in [6.45, 7) is 0.940. The molecule has 1 aliphatic rings. The number of H-pyrrole nitrogens is 1. The van der Waals surface area contributed by atoms with E-state index >= 15 is 9.59 Å². The lowest BCUT2D eigenvalue weighted by atomic mass is 10.0. The van der Waals surface area contributed by atoms with Crippen molar-refractivity contribution in [2.24, 2.45) is 17.2 Å². The predicted octanol–water partition coefficient (Wildman–Crippen LogP) is -1.55. The number of carbonyl (C=O) groups excluding carboxylic acids is 11. The number of nitrogens with one attached hydrogen (secondary N) is 11. The van der Waals surface area contributed by atoms with Crippen molar-refractivity contribution in [3.8, 4) is 0 Å². The fraction of sp³-hybridized carbons (Fsp3) is 0.436. The third kappa shape index (κ3) is 31.5. The molecule has 36 nitrogen and oxygen atoms in total. The number of anilines is 1. The molecule has 0 bridgehead atoms. The number of halogens is 1. The molecule has 1 aliphatic heterocycles. The van der Waals surface area contributed by atoms with Crippen molar-refractivity contribution >= 4 is 147 Å². The van der Waals surface area contributed by atoms with Gasteiger partial charge in [-0.1, -0.05) is 96.5 Å². The summed E-state index contributed by atoms with van der Waals surface area (Å²) >= 11 is 14.9. The molecule has 6 aromatic rings. The zero-order chi connectivity index (χ0) is 85.3. The number of carboxylic acids is 3. The molecule has 2 heterocycles. The van der Waals surface area contributed by atoms with E-state index in [-0.39, 0.29) is 148 Å². The summed E-state index contributed by atoms with van der Waals surface area (Å²) in [6, 6.07) is 19.3. The minimum atomic E-state index is -1.78. The largest absolute Gasteiger partial charge is 0.480 e. The minimum absolute atomic E-state index is 0.00790. The highest BCUT2D eigenvalue weighted by Gasteiger charge is 2.37. The number of hydrogen-bond donors (Lipinski definition) is 20. The van der Waals surface area contributed by atoms with Crippen LogP contribution in [0.15, 0.2) is 121 Å². The highest BCUT2D eigenvalue weighted by molar-refractivity contribution is 7.80. The maximum absolute atomic E-state index is 15.3. The molecule has 1 saturated heterocycles. The van der Waals surface area contributed by atoms with E-state index in [4.69, 9.17) is 28.8 Å². The molecule has 0 unspecified atom stereocenters. The molecule has 1 aromatic heterocycles. The Hall–Kier alpha value is -11.0. The Kier molecular flexibility index (Phi) is 37.7. The number of fused-ring (bicyclic) bond motifs is 2. The lowest BCUT2D eigenvalue weighted by Gasteiger charge is -2.32. The van der Waals surface area contributed by atoms with Gasteiger partial charge in [0.05, 0.1) is 32.3 Å². The number of urea groups is 1. The number of rotatable bonds is 43. The first-order valence-corrected chi connectivity index (χ1v) is 39.6. The zero-order valence-electron chi connectivity index (χ0n) is 64.5. The number of amides is 12. The third-order valence-corrected chi connectivity index (χ3v) is 20.2. The molecular formula is C78H103ClN18O18S2. The van der Waals surface area contributed by atoms with E-state index in [1.165, 1.54) is 31.2 Å². The number of thiol groups is 2. The fourth-order valence-electron chi connectivity index (χ4n) is 13.0. The number of aliphatic hydroxyl groups is 1. The highest BCUT2D eigenvalue weighted by atomic mass is 35.5. The van der Waals surface area contributed by atoms with E-state index in [1.54, 1.807) is 80.4 Å². The number of primary amides is 2. The second-order valence-corrected chi connectivity index (χ2v) is 29.5. The molecule has 12 amide bonds. The molecular weight excluding hydrogens is 1580 g/mol. The number of aliphatic carboxylic acids is 3. The van der Waals surface area contributed by atoms with Crippen LogP contribution >= 0.6 is 36.9 Å². The van der Waals surface area contributed by atoms with Gasteiger partial charge in [-0.25, -0.2) is 4.79 Å². The van der Waals surface area contributed by atoms with Gasteiger partial charge in [0.25, 0.3) is 0 Å². The van der Waals surface area contributed by atoms with E-state index in [0.29, 0.717) is 44.6 Å². The summed E-state index contributed by atoms with van der Waals surface area (Å²) in [5, 5.41) is 69.0. The number of nitrogens with zero attached hydrogens (tertiary/aromatic N) is 4. The van der Waals surface area contributed by atoms with Crippen LogP contribution in [0, 0.1) is 0 Å². The summed E-state index contributed by atoms with van der Waals surface area (Å²) < 4.78 is 0. The predicted molar refractivity (Wildman–Crippen MR) is 441 cm³/mol. The Labute approximate surface area is 690 Å². The average Bonchev–Trinajstić information content (AvgIpc) is 0.902. The summed E-state index contributed by atoms with van der Waals surface area (Å²) in [5.41, 5.74) is 20.0. The lowest BCUT2D eigenvalue weighted by Crippen LogP contribution is -2.62. The Bertz CT molecular complexity index is 4400. The van der Waals surface area contributed by atoms with Gasteiger partial charge in [-0.3, -0.25) is 81.9 Å². The van der Waals surface area contributed by atoms with Crippen molar-refractivity contribution in [1.82, 2.24) is 72.4 Å². The van der Waals surface area contributed by atoms with Crippen molar-refractivity contribution in [3.63, 3.8) is 0 Å². The number of aromatic amines is 1. The molecule has 9 atom stereocenters. The number of nitrogens with two attached hydrogens (primary N) is 3. The zero-order valence-corrected chi connectivity index (χ0v) is 67.1. The number of carboxylic acid groups (broad SMARTS) is 3. The van der Waals surface area contributed by atoms with Gasteiger partial charge >= 0.3 is 23.9 Å². The van der Waals surface area contributed by atoms with Crippen LogP contribution in [0.1, 0.15) is 54.9 Å². The first-order valence-electron chi connectivity index (χ1n) is 37.9. The number of aromatic nitrogens is 1. The highest BCUT2D eigenvalue weighted by Crippen LogP contribution is 2.22. The van der Waals surface area contributed by atoms with Crippen LogP contribution in [0.5, 0.6) is 0 Å². The van der Waals surface area contributed by atoms with E-state index in [0.717, 1.165) is 10.8 Å². The Balaban J connectivity index is 1.08. The molecule has 0 aliphatic carbocycles. The number of para-hydroxylation sites is 1.